The Morgan fingerprint density at radius 1 is 1.43 bits per heavy atom. The van der Waals surface area contributed by atoms with E-state index >= 15 is 0 Å². The quantitative estimate of drug-likeness (QED) is 0.461. The fourth-order valence-corrected chi connectivity index (χ4v) is 0.907. The van der Waals surface area contributed by atoms with Crippen LogP contribution in [0.25, 0.3) is 0 Å². The van der Waals surface area contributed by atoms with Gasteiger partial charge in [0.15, 0.2) is 5.56 Å². The molecule has 0 radical (unpaired) electrons. The van der Waals surface area contributed by atoms with Gasteiger partial charge in [0, 0.05) is 6.54 Å². The predicted molar refractivity (Wildman–Crippen MR) is 48.0 cm³/mol. The van der Waals surface area contributed by atoms with Crippen molar-refractivity contribution in [2.45, 2.75) is 0 Å². The van der Waals surface area contributed by atoms with Crippen molar-refractivity contribution < 1.29 is 5.11 Å². The van der Waals surface area contributed by atoms with E-state index in [1.165, 1.54) is 0 Å². The topological polar surface area (TPSA) is 122 Å². The van der Waals surface area contributed by atoms with E-state index in [0.717, 1.165) is 0 Å². The second kappa shape index (κ2) is 4.25. The van der Waals surface area contributed by atoms with Crippen molar-refractivity contribution in [3.8, 4) is 6.07 Å². The number of rotatable bonds is 3. The zero-order valence-corrected chi connectivity index (χ0v) is 7.13. The lowest BCUT2D eigenvalue weighted by Crippen LogP contribution is -2.27. The molecule has 7 nitrogen and oxygen atoms in total. The molecule has 0 amide bonds. The smallest absolute Gasteiger partial charge is 0.327 e. The fourth-order valence-electron chi connectivity index (χ4n) is 0.907. The van der Waals surface area contributed by atoms with Crippen LogP contribution in [0.1, 0.15) is 5.56 Å². The van der Waals surface area contributed by atoms with Crippen LogP contribution >= 0.6 is 0 Å². The molecule has 0 aromatic carbocycles. The zero-order chi connectivity index (χ0) is 10.6. The number of hydrogen-bond donors (Lipinski definition) is 4. The lowest BCUT2D eigenvalue weighted by atomic mass is 10.3. The second-order valence-electron chi connectivity index (χ2n) is 2.42. The fraction of sp³-hybridized carbons (Fsp3) is 0.286. The van der Waals surface area contributed by atoms with Gasteiger partial charge in [0.05, 0.1) is 6.61 Å². The maximum absolute atomic E-state index is 11.1. The number of nitriles is 1. The molecular formula is C7H8N4O3. The molecule has 0 saturated carbocycles. The van der Waals surface area contributed by atoms with Crippen molar-refractivity contribution in [2.75, 3.05) is 18.5 Å². The van der Waals surface area contributed by atoms with Crippen LogP contribution in [0.5, 0.6) is 0 Å². The first kappa shape index (κ1) is 10.0. The monoisotopic (exact) mass is 196 g/mol. The number of aliphatic hydroxyl groups is 1. The molecule has 0 saturated heterocycles. The molecular weight excluding hydrogens is 188 g/mol. The molecule has 74 valence electrons. The standard InChI is InChI=1S/C7H8N4O3/c8-3-4-5(9-1-2-12)10-7(14)11-6(4)13/h12H,1-2H2,(H3,9,10,11,13,14). The highest BCUT2D eigenvalue weighted by Gasteiger charge is 2.07. The molecule has 4 N–H and O–H groups in total. The number of H-pyrrole nitrogens is 2. The summed E-state index contributed by atoms with van der Waals surface area (Å²) in [7, 11) is 0. The summed E-state index contributed by atoms with van der Waals surface area (Å²) in [6.45, 7) is -0.0201. The average Bonchev–Trinajstić information content (AvgIpc) is 2.14. The van der Waals surface area contributed by atoms with Gasteiger partial charge in [-0.05, 0) is 0 Å². The maximum Gasteiger partial charge on any atom is 0.327 e. The molecule has 0 aliphatic rings. The molecule has 0 bridgehead atoms. The SMILES string of the molecule is N#Cc1c(NCCO)[nH]c(=O)[nH]c1=O. The van der Waals surface area contributed by atoms with Gasteiger partial charge in [0.2, 0.25) is 0 Å². The van der Waals surface area contributed by atoms with Crippen LogP contribution in [-0.4, -0.2) is 28.2 Å². The van der Waals surface area contributed by atoms with E-state index in [-0.39, 0.29) is 24.5 Å². The Labute approximate surface area is 78.0 Å². The van der Waals surface area contributed by atoms with Crippen LogP contribution in [0.3, 0.4) is 0 Å². The van der Waals surface area contributed by atoms with Gasteiger partial charge in [-0.2, -0.15) is 5.26 Å². The van der Waals surface area contributed by atoms with Crippen molar-refractivity contribution in [3.63, 3.8) is 0 Å². The van der Waals surface area contributed by atoms with E-state index in [4.69, 9.17) is 10.4 Å². The Balaban J connectivity index is 3.20. The first-order chi connectivity index (χ1) is 6.69. The minimum atomic E-state index is -0.753. The van der Waals surface area contributed by atoms with E-state index in [2.05, 4.69) is 10.3 Å². The highest BCUT2D eigenvalue weighted by Crippen LogP contribution is 2.00. The number of aromatic nitrogens is 2. The minimum absolute atomic E-state index is 0.0234. The van der Waals surface area contributed by atoms with Crippen molar-refractivity contribution in [2.24, 2.45) is 0 Å². The van der Waals surface area contributed by atoms with E-state index in [1.54, 1.807) is 6.07 Å². The van der Waals surface area contributed by atoms with Gasteiger partial charge in [-0.25, -0.2) is 4.79 Å². The predicted octanol–water partition coefficient (Wildman–Crippen LogP) is -1.66. The summed E-state index contributed by atoms with van der Waals surface area (Å²) in [5.74, 6) is 0.0234. The van der Waals surface area contributed by atoms with Crippen LogP contribution in [0, 0.1) is 11.3 Å². The molecule has 0 aliphatic carbocycles. The van der Waals surface area contributed by atoms with Gasteiger partial charge < -0.3 is 10.4 Å². The number of nitrogens with zero attached hydrogens (tertiary/aromatic N) is 1. The van der Waals surface area contributed by atoms with Crippen LogP contribution < -0.4 is 16.6 Å². The summed E-state index contributed by atoms with van der Waals surface area (Å²) >= 11 is 0. The van der Waals surface area contributed by atoms with Crippen LogP contribution in [-0.2, 0) is 0 Å². The van der Waals surface area contributed by atoms with E-state index in [9.17, 15) is 9.59 Å². The molecule has 1 heterocycles. The first-order valence-corrected chi connectivity index (χ1v) is 3.80. The summed E-state index contributed by atoms with van der Waals surface area (Å²) in [5.41, 5.74) is -1.66. The molecule has 1 aromatic heterocycles. The zero-order valence-electron chi connectivity index (χ0n) is 7.13. The number of aliphatic hydroxyl groups excluding tert-OH is 1. The highest BCUT2D eigenvalue weighted by atomic mass is 16.3. The van der Waals surface area contributed by atoms with Crippen molar-refractivity contribution in [1.29, 1.82) is 5.26 Å². The van der Waals surface area contributed by atoms with Crippen LogP contribution in [0.4, 0.5) is 5.82 Å². The van der Waals surface area contributed by atoms with Gasteiger partial charge in [0.25, 0.3) is 5.56 Å². The Bertz CT molecular complexity index is 467. The summed E-state index contributed by atoms with van der Waals surface area (Å²) in [5, 5.41) is 19.6. The number of hydrogen-bond acceptors (Lipinski definition) is 5. The highest BCUT2D eigenvalue weighted by molar-refractivity contribution is 5.49. The van der Waals surface area contributed by atoms with Gasteiger partial charge in [-0.3, -0.25) is 14.8 Å². The minimum Gasteiger partial charge on any atom is -0.395 e. The summed E-state index contributed by atoms with van der Waals surface area (Å²) < 4.78 is 0. The largest absolute Gasteiger partial charge is 0.395 e. The molecule has 1 aromatic rings. The van der Waals surface area contributed by atoms with Crippen molar-refractivity contribution in [1.82, 2.24) is 9.97 Å². The number of nitrogens with one attached hydrogen (secondary N) is 3. The van der Waals surface area contributed by atoms with Crippen LogP contribution in [0.15, 0.2) is 9.59 Å². The summed E-state index contributed by atoms with van der Waals surface area (Å²) in [6.07, 6.45) is 0. The van der Waals surface area contributed by atoms with Gasteiger partial charge in [0.1, 0.15) is 11.9 Å². The normalized spacial score (nSPS) is 9.43. The van der Waals surface area contributed by atoms with E-state index < -0.39 is 11.2 Å². The number of anilines is 1. The maximum atomic E-state index is 11.1. The van der Waals surface area contributed by atoms with Gasteiger partial charge >= 0.3 is 5.69 Å². The molecule has 14 heavy (non-hydrogen) atoms. The third kappa shape index (κ3) is 1.99. The van der Waals surface area contributed by atoms with E-state index in [0.29, 0.717) is 0 Å². The number of aromatic amines is 2. The third-order valence-corrected chi connectivity index (χ3v) is 1.47. The Hall–Kier alpha value is -2.07. The average molecular weight is 196 g/mol. The molecule has 0 aliphatic heterocycles. The van der Waals surface area contributed by atoms with Crippen molar-refractivity contribution in [3.05, 3.63) is 26.4 Å². The Kier molecular flexibility index (Phi) is 3.04. The van der Waals surface area contributed by atoms with Gasteiger partial charge in [-0.1, -0.05) is 0 Å². The van der Waals surface area contributed by atoms with E-state index in [1.807, 2.05) is 4.98 Å². The lowest BCUT2D eigenvalue weighted by molar-refractivity contribution is 0.311. The summed E-state index contributed by atoms with van der Waals surface area (Å²) in [6, 6.07) is 1.64. The third-order valence-electron chi connectivity index (χ3n) is 1.47. The molecule has 0 atom stereocenters. The molecule has 7 heteroatoms. The Morgan fingerprint density at radius 3 is 2.71 bits per heavy atom. The first-order valence-electron chi connectivity index (χ1n) is 3.80. The second-order valence-corrected chi connectivity index (χ2v) is 2.42. The molecule has 0 unspecified atom stereocenters. The van der Waals surface area contributed by atoms with Crippen LogP contribution in [0.2, 0.25) is 0 Å². The van der Waals surface area contributed by atoms with Crippen molar-refractivity contribution >= 4 is 5.82 Å². The molecule has 0 spiro atoms. The van der Waals surface area contributed by atoms with Gasteiger partial charge in [-0.15, -0.1) is 0 Å². The lowest BCUT2D eigenvalue weighted by Gasteiger charge is -2.03. The summed E-state index contributed by atoms with van der Waals surface area (Å²) in [4.78, 5) is 26.0. The Morgan fingerprint density at radius 2 is 2.14 bits per heavy atom. The molecule has 1 rings (SSSR count). The molecule has 0 fully saturated rings.